The Morgan fingerprint density at radius 1 is 0.649 bits per heavy atom. The number of nitrogens with one attached hydrogen (secondary N) is 1. The summed E-state index contributed by atoms with van der Waals surface area (Å²) in [4.78, 5) is 3.31. The third-order valence-corrected chi connectivity index (χ3v) is 8.80. The zero-order chi connectivity index (χ0) is 25.2. The van der Waals surface area contributed by atoms with Crippen molar-refractivity contribution in [2.24, 2.45) is 5.10 Å². The number of hydrogen-bond acceptors (Lipinski definition) is 4. The predicted octanol–water partition coefficient (Wildman–Crippen LogP) is 6.49. The molecule has 0 bridgehead atoms. The molecule has 0 saturated heterocycles. The minimum atomic E-state index is -3.91. The molecule has 6 heteroatoms. The van der Waals surface area contributed by atoms with Gasteiger partial charge < -0.3 is 4.98 Å². The molecule has 0 saturated carbocycles. The topological polar surface area (TPSA) is 65.5 Å². The molecule has 2 unspecified atom stereocenters. The van der Waals surface area contributed by atoms with E-state index in [1.54, 1.807) is 12.4 Å². The van der Waals surface area contributed by atoms with Crippen molar-refractivity contribution in [2.75, 3.05) is 5.01 Å². The molecule has 5 nitrogen and oxygen atoms in total. The molecule has 0 fully saturated rings. The maximum absolute atomic E-state index is 14.7. The molecule has 182 valence electrons. The Morgan fingerprint density at radius 3 is 1.81 bits per heavy atom. The molecule has 1 aliphatic heterocycles. The number of aromatic amines is 1. The van der Waals surface area contributed by atoms with E-state index in [1.807, 2.05) is 126 Å². The van der Waals surface area contributed by atoms with Gasteiger partial charge in [-0.2, -0.15) is 5.10 Å². The average Bonchev–Trinajstić information content (AvgIpc) is 3.62. The third kappa shape index (κ3) is 4.15. The van der Waals surface area contributed by atoms with Crippen molar-refractivity contribution < 1.29 is 8.42 Å². The molecule has 5 aromatic rings. The summed E-state index contributed by atoms with van der Waals surface area (Å²) >= 11 is 0. The van der Waals surface area contributed by atoms with Gasteiger partial charge in [-0.25, -0.2) is 8.42 Å². The summed E-state index contributed by atoms with van der Waals surface area (Å²) < 4.78 is 29.4. The molecule has 2 heterocycles. The molecule has 0 amide bonds. The summed E-state index contributed by atoms with van der Waals surface area (Å²) in [5.41, 5.74) is 4.52. The standard InChI is InChI=1S/C31H25N3O2S/c35-37(36,28-22-32-21-27(28)23-13-5-1-6-14-23)31-29(24-15-7-2-8-16-24)33-34(26-19-11-4-12-20-26)30(31)25-17-9-3-10-18-25/h1-22,30-32H. The summed E-state index contributed by atoms with van der Waals surface area (Å²) in [6.07, 6.45) is 3.34. The minimum Gasteiger partial charge on any atom is -0.366 e. The highest BCUT2D eigenvalue weighted by atomic mass is 32.2. The minimum absolute atomic E-state index is 0.267. The van der Waals surface area contributed by atoms with Crippen molar-refractivity contribution in [3.63, 3.8) is 0 Å². The molecule has 1 aromatic heterocycles. The first kappa shape index (κ1) is 23.0. The number of hydrogen-bond donors (Lipinski definition) is 1. The molecular formula is C31H25N3O2S. The molecular weight excluding hydrogens is 478 g/mol. The molecule has 1 N–H and O–H groups in total. The highest BCUT2D eigenvalue weighted by Crippen LogP contribution is 2.43. The maximum Gasteiger partial charge on any atom is 0.191 e. The van der Waals surface area contributed by atoms with E-state index in [1.165, 1.54) is 0 Å². The second-order valence-corrected chi connectivity index (χ2v) is 11.0. The fourth-order valence-corrected chi connectivity index (χ4v) is 7.07. The van der Waals surface area contributed by atoms with E-state index in [2.05, 4.69) is 4.98 Å². The van der Waals surface area contributed by atoms with Crippen LogP contribution in [0, 0.1) is 0 Å². The number of hydrazone groups is 1. The van der Waals surface area contributed by atoms with Crippen molar-refractivity contribution >= 4 is 21.2 Å². The number of rotatable bonds is 6. The normalized spacial score (nSPS) is 17.5. The summed E-state index contributed by atoms with van der Waals surface area (Å²) in [5.74, 6) is 0. The highest BCUT2D eigenvalue weighted by molar-refractivity contribution is 7.93. The first-order valence-electron chi connectivity index (χ1n) is 12.1. The van der Waals surface area contributed by atoms with E-state index in [0.29, 0.717) is 11.3 Å². The largest absolute Gasteiger partial charge is 0.366 e. The summed E-state index contributed by atoms with van der Waals surface area (Å²) in [7, 11) is -3.91. The van der Waals surface area contributed by atoms with Crippen molar-refractivity contribution in [3.8, 4) is 11.1 Å². The molecule has 2 atom stereocenters. The lowest BCUT2D eigenvalue weighted by Gasteiger charge is -2.28. The van der Waals surface area contributed by atoms with Gasteiger partial charge in [-0.15, -0.1) is 0 Å². The van der Waals surface area contributed by atoms with Crippen LogP contribution in [0.2, 0.25) is 0 Å². The average molecular weight is 504 g/mol. The second-order valence-electron chi connectivity index (χ2n) is 8.95. The monoisotopic (exact) mass is 503 g/mol. The lowest BCUT2D eigenvalue weighted by Crippen LogP contribution is -2.37. The Morgan fingerprint density at radius 2 is 1.19 bits per heavy atom. The van der Waals surface area contributed by atoms with Gasteiger partial charge in [-0.1, -0.05) is 109 Å². The van der Waals surface area contributed by atoms with Crippen LogP contribution in [0.3, 0.4) is 0 Å². The SMILES string of the molecule is O=S(=O)(c1c[nH]cc1-c1ccccc1)C1C(c2ccccc2)=NN(c2ccccc2)C1c1ccccc1. The first-order chi connectivity index (χ1) is 18.1. The number of aromatic nitrogens is 1. The van der Waals surface area contributed by atoms with Gasteiger partial charge in [0.15, 0.2) is 9.84 Å². The van der Waals surface area contributed by atoms with Gasteiger partial charge >= 0.3 is 0 Å². The number of benzene rings is 4. The Balaban J connectivity index is 1.58. The van der Waals surface area contributed by atoms with Crippen LogP contribution in [0.5, 0.6) is 0 Å². The summed E-state index contributed by atoms with van der Waals surface area (Å²) in [6.45, 7) is 0. The van der Waals surface area contributed by atoms with Gasteiger partial charge in [0.1, 0.15) is 11.3 Å². The van der Waals surface area contributed by atoms with Gasteiger partial charge in [0.05, 0.1) is 16.3 Å². The number of nitrogens with zero attached hydrogens (tertiary/aromatic N) is 2. The molecule has 0 radical (unpaired) electrons. The van der Waals surface area contributed by atoms with E-state index < -0.39 is 21.1 Å². The van der Waals surface area contributed by atoms with Crippen LogP contribution >= 0.6 is 0 Å². The summed E-state index contributed by atoms with van der Waals surface area (Å²) in [6, 6.07) is 38.1. The zero-order valence-corrected chi connectivity index (χ0v) is 20.8. The van der Waals surface area contributed by atoms with Crippen LogP contribution in [0.25, 0.3) is 11.1 Å². The van der Waals surface area contributed by atoms with Crippen LogP contribution in [0.15, 0.2) is 144 Å². The Kier molecular flexibility index (Phi) is 5.94. The van der Waals surface area contributed by atoms with Crippen molar-refractivity contribution in [3.05, 3.63) is 145 Å². The van der Waals surface area contributed by atoms with E-state index in [4.69, 9.17) is 5.10 Å². The number of sulfone groups is 1. The van der Waals surface area contributed by atoms with Gasteiger partial charge in [0.25, 0.3) is 0 Å². The predicted molar refractivity (Wildman–Crippen MR) is 148 cm³/mol. The highest BCUT2D eigenvalue weighted by Gasteiger charge is 2.48. The van der Waals surface area contributed by atoms with E-state index in [0.717, 1.165) is 22.4 Å². The van der Waals surface area contributed by atoms with Crippen molar-refractivity contribution in [1.29, 1.82) is 0 Å². The van der Waals surface area contributed by atoms with Gasteiger partial charge in [0.2, 0.25) is 0 Å². The number of H-pyrrole nitrogens is 1. The van der Waals surface area contributed by atoms with Gasteiger partial charge in [-0.05, 0) is 28.8 Å². The van der Waals surface area contributed by atoms with Crippen LogP contribution < -0.4 is 5.01 Å². The maximum atomic E-state index is 14.7. The summed E-state index contributed by atoms with van der Waals surface area (Å²) in [5, 5.41) is 5.93. The second kappa shape index (κ2) is 9.56. The first-order valence-corrected chi connectivity index (χ1v) is 13.7. The van der Waals surface area contributed by atoms with E-state index in [-0.39, 0.29) is 4.90 Å². The molecule has 0 aliphatic carbocycles. The van der Waals surface area contributed by atoms with Crippen LogP contribution in [0.4, 0.5) is 5.69 Å². The molecule has 1 aliphatic rings. The third-order valence-electron chi connectivity index (χ3n) is 6.70. The zero-order valence-electron chi connectivity index (χ0n) is 20.0. The fraction of sp³-hybridized carbons (Fsp3) is 0.0645. The van der Waals surface area contributed by atoms with Crippen LogP contribution in [-0.2, 0) is 9.84 Å². The van der Waals surface area contributed by atoms with Gasteiger partial charge in [-0.3, -0.25) is 5.01 Å². The smallest absolute Gasteiger partial charge is 0.191 e. The van der Waals surface area contributed by atoms with E-state index in [9.17, 15) is 8.42 Å². The van der Waals surface area contributed by atoms with Crippen molar-refractivity contribution in [1.82, 2.24) is 4.98 Å². The molecule has 4 aromatic carbocycles. The quantitative estimate of drug-likeness (QED) is 0.288. The number of para-hydroxylation sites is 1. The number of anilines is 1. The fourth-order valence-electron chi connectivity index (χ4n) is 4.99. The van der Waals surface area contributed by atoms with Crippen LogP contribution in [0.1, 0.15) is 17.2 Å². The van der Waals surface area contributed by atoms with E-state index >= 15 is 0 Å². The Bertz CT molecular complexity index is 1630. The Hall–Kier alpha value is -4.42. The molecule has 0 spiro atoms. The molecule has 37 heavy (non-hydrogen) atoms. The lowest BCUT2D eigenvalue weighted by molar-refractivity contribution is 0.578. The molecule has 6 rings (SSSR count). The lowest BCUT2D eigenvalue weighted by atomic mass is 9.97. The van der Waals surface area contributed by atoms with Crippen molar-refractivity contribution in [2.45, 2.75) is 16.2 Å². The van der Waals surface area contributed by atoms with Crippen LogP contribution in [-0.4, -0.2) is 24.4 Å². The Labute approximate surface area is 216 Å². The van der Waals surface area contributed by atoms with Gasteiger partial charge in [0, 0.05) is 18.0 Å².